The molecule has 0 spiro atoms. The van der Waals surface area contributed by atoms with Gasteiger partial charge in [-0.05, 0) is 67.7 Å². The van der Waals surface area contributed by atoms with E-state index < -0.39 is 35.2 Å². The molecule has 4 rings (SSSR count). The maximum absolute atomic E-state index is 13.3. The molecule has 2 aromatic carbocycles. The number of aryl methyl sites for hydroxylation is 1. The molecule has 0 N–H and O–H groups in total. The highest BCUT2D eigenvalue weighted by Gasteiger charge is 2.35. The fourth-order valence-electron chi connectivity index (χ4n) is 4.21. The standard InChI is InChI=1S/C27H26F3N3O5S/c1-5-7-20(25(35)37-6-2)38-17-10-8-15(3)18(13-17)24-19-12-16(9-11-21(19)39-31-24)33-23(34)14-22(27(28,29)30)32(4)26(33)36/h8-14,20H,5-7H2,1-4H3. The second-order valence-electron chi connectivity index (χ2n) is 8.88. The van der Waals surface area contributed by atoms with Gasteiger partial charge in [0.15, 0.2) is 6.10 Å². The van der Waals surface area contributed by atoms with Crippen LogP contribution in [0.3, 0.4) is 0 Å². The Hall–Kier alpha value is -3.93. The van der Waals surface area contributed by atoms with Gasteiger partial charge in [-0.25, -0.2) is 14.2 Å². The molecule has 2 heterocycles. The predicted molar refractivity (Wildman–Crippen MR) is 142 cm³/mol. The van der Waals surface area contributed by atoms with Crippen molar-refractivity contribution in [1.82, 2.24) is 13.5 Å². The van der Waals surface area contributed by atoms with E-state index in [0.29, 0.717) is 50.4 Å². The summed E-state index contributed by atoms with van der Waals surface area (Å²) in [5.41, 5.74) is -1.34. The largest absolute Gasteiger partial charge is 0.479 e. The summed E-state index contributed by atoms with van der Waals surface area (Å²) < 4.78 is 57.3. The molecule has 0 aliphatic heterocycles. The molecule has 0 aliphatic rings. The summed E-state index contributed by atoms with van der Waals surface area (Å²) in [4.78, 5) is 37.8. The normalized spacial score (nSPS) is 12.5. The van der Waals surface area contributed by atoms with Crippen molar-refractivity contribution in [3.05, 3.63) is 74.6 Å². The van der Waals surface area contributed by atoms with Crippen LogP contribution in [0.5, 0.6) is 5.75 Å². The van der Waals surface area contributed by atoms with E-state index in [9.17, 15) is 27.6 Å². The maximum atomic E-state index is 13.3. The quantitative estimate of drug-likeness (QED) is 0.273. The minimum Gasteiger partial charge on any atom is -0.479 e. The fourth-order valence-corrected chi connectivity index (χ4v) is 4.98. The molecule has 39 heavy (non-hydrogen) atoms. The Morgan fingerprint density at radius 3 is 2.51 bits per heavy atom. The van der Waals surface area contributed by atoms with Gasteiger partial charge < -0.3 is 9.47 Å². The van der Waals surface area contributed by atoms with Gasteiger partial charge >= 0.3 is 17.8 Å². The number of rotatable bonds is 8. The maximum Gasteiger partial charge on any atom is 0.431 e. The second kappa shape index (κ2) is 11.0. The summed E-state index contributed by atoms with van der Waals surface area (Å²) in [5, 5.41) is 0.599. The minimum absolute atomic E-state index is 0.110. The number of fused-ring (bicyclic) bond motifs is 1. The Morgan fingerprint density at radius 2 is 1.85 bits per heavy atom. The lowest BCUT2D eigenvalue weighted by Gasteiger charge is -2.18. The first-order valence-corrected chi connectivity index (χ1v) is 13.0. The van der Waals surface area contributed by atoms with Gasteiger partial charge in [0.2, 0.25) is 0 Å². The first kappa shape index (κ1) is 28.1. The van der Waals surface area contributed by atoms with Crippen LogP contribution in [0.2, 0.25) is 0 Å². The molecular formula is C27H26F3N3O5S. The highest BCUT2D eigenvalue weighted by Crippen LogP contribution is 2.36. The van der Waals surface area contributed by atoms with Crippen molar-refractivity contribution in [2.45, 2.75) is 45.9 Å². The minimum atomic E-state index is -4.85. The first-order valence-electron chi connectivity index (χ1n) is 12.2. The van der Waals surface area contributed by atoms with Crippen LogP contribution < -0.4 is 16.0 Å². The first-order chi connectivity index (χ1) is 18.5. The van der Waals surface area contributed by atoms with Gasteiger partial charge in [0.1, 0.15) is 11.4 Å². The third-order valence-corrected chi connectivity index (χ3v) is 6.99. The van der Waals surface area contributed by atoms with E-state index in [1.165, 1.54) is 17.6 Å². The number of hydrogen-bond donors (Lipinski definition) is 0. The van der Waals surface area contributed by atoms with Crippen LogP contribution in [-0.2, 0) is 22.8 Å². The van der Waals surface area contributed by atoms with Gasteiger partial charge in [-0.15, -0.1) is 0 Å². The number of carbonyl (C=O) groups excluding carboxylic acids is 1. The topological polar surface area (TPSA) is 92.4 Å². The molecule has 12 heteroatoms. The molecule has 0 aliphatic carbocycles. The zero-order chi connectivity index (χ0) is 28.5. The predicted octanol–water partition coefficient (Wildman–Crippen LogP) is 5.25. The number of carbonyl (C=O) groups is 1. The number of esters is 1. The van der Waals surface area contributed by atoms with Crippen LogP contribution in [0.1, 0.15) is 37.9 Å². The van der Waals surface area contributed by atoms with Crippen molar-refractivity contribution in [2.24, 2.45) is 7.05 Å². The van der Waals surface area contributed by atoms with E-state index in [-0.39, 0.29) is 12.3 Å². The summed E-state index contributed by atoms with van der Waals surface area (Å²) in [6, 6.07) is 10.4. The van der Waals surface area contributed by atoms with E-state index in [2.05, 4.69) is 4.37 Å². The number of ether oxygens (including phenoxy) is 2. The Bertz CT molecular complexity index is 1660. The van der Waals surface area contributed by atoms with Crippen LogP contribution >= 0.6 is 11.5 Å². The van der Waals surface area contributed by atoms with E-state index in [1.54, 1.807) is 31.2 Å². The smallest absolute Gasteiger partial charge is 0.431 e. The van der Waals surface area contributed by atoms with Gasteiger partial charge in [0.25, 0.3) is 5.56 Å². The number of alkyl halides is 3. The Balaban J connectivity index is 1.80. The number of benzene rings is 2. The zero-order valence-electron chi connectivity index (χ0n) is 21.7. The molecule has 1 atom stereocenters. The number of halogens is 3. The van der Waals surface area contributed by atoms with E-state index >= 15 is 0 Å². The molecule has 0 amide bonds. The average Bonchev–Trinajstić information content (AvgIpc) is 3.29. The lowest BCUT2D eigenvalue weighted by molar-refractivity contribution is -0.151. The zero-order valence-corrected chi connectivity index (χ0v) is 22.5. The van der Waals surface area contributed by atoms with E-state index in [0.717, 1.165) is 17.3 Å². The van der Waals surface area contributed by atoms with Crippen LogP contribution in [0, 0.1) is 6.92 Å². The highest BCUT2D eigenvalue weighted by molar-refractivity contribution is 7.13. The van der Waals surface area contributed by atoms with Gasteiger partial charge in [-0.2, -0.15) is 17.5 Å². The van der Waals surface area contributed by atoms with Crippen molar-refractivity contribution in [3.8, 4) is 22.7 Å². The van der Waals surface area contributed by atoms with Crippen LogP contribution in [-0.4, -0.2) is 32.2 Å². The average molecular weight is 562 g/mol. The number of hydrogen-bond acceptors (Lipinski definition) is 7. The Labute approximate surface area is 225 Å². The lowest BCUT2D eigenvalue weighted by Crippen LogP contribution is -2.40. The van der Waals surface area contributed by atoms with Crippen molar-refractivity contribution in [2.75, 3.05) is 6.61 Å². The molecule has 0 radical (unpaired) electrons. The van der Waals surface area contributed by atoms with Crippen LogP contribution in [0.4, 0.5) is 13.2 Å². The Morgan fingerprint density at radius 1 is 1.10 bits per heavy atom. The third-order valence-electron chi connectivity index (χ3n) is 6.17. The SMILES string of the molecule is CCCC(Oc1ccc(C)c(-c2nsc3ccc(-n4c(=O)cc(C(F)(F)F)n(C)c4=O)cc23)c1)C(=O)OCC. The second-order valence-corrected chi connectivity index (χ2v) is 9.68. The molecular weight excluding hydrogens is 535 g/mol. The van der Waals surface area contributed by atoms with E-state index in [4.69, 9.17) is 9.47 Å². The Kier molecular flexibility index (Phi) is 7.96. The van der Waals surface area contributed by atoms with Crippen LogP contribution in [0.15, 0.2) is 52.1 Å². The van der Waals surface area contributed by atoms with Crippen molar-refractivity contribution < 1.29 is 27.4 Å². The summed E-state index contributed by atoms with van der Waals surface area (Å²) >= 11 is 1.19. The molecule has 0 fully saturated rings. The van der Waals surface area contributed by atoms with E-state index in [1.807, 2.05) is 19.9 Å². The van der Waals surface area contributed by atoms with Crippen molar-refractivity contribution in [3.63, 3.8) is 0 Å². The molecule has 206 valence electrons. The fraction of sp³-hybridized carbons (Fsp3) is 0.333. The number of nitrogens with zero attached hydrogens (tertiary/aromatic N) is 3. The molecule has 0 bridgehead atoms. The molecule has 2 aromatic heterocycles. The summed E-state index contributed by atoms with van der Waals surface area (Å²) in [7, 11) is 0.966. The highest BCUT2D eigenvalue weighted by atomic mass is 32.1. The van der Waals surface area contributed by atoms with Gasteiger partial charge in [0, 0.05) is 24.1 Å². The summed E-state index contributed by atoms with van der Waals surface area (Å²) in [6.45, 7) is 5.77. The van der Waals surface area contributed by atoms with Gasteiger partial charge in [-0.3, -0.25) is 9.36 Å². The summed E-state index contributed by atoms with van der Waals surface area (Å²) in [6.07, 6.45) is -4.44. The van der Waals surface area contributed by atoms with Gasteiger partial charge in [-0.1, -0.05) is 19.4 Å². The molecule has 0 saturated heterocycles. The van der Waals surface area contributed by atoms with Crippen molar-refractivity contribution in [1.29, 1.82) is 0 Å². The lowest BCUT2D eigenvalue weighted by atomic mass is 10.0. The molecule has 8 nitrogen and oxygen atoms in total. The van der Waals surface area contributed by atoms with Crippen molar-refractivity contribution >= 4 is 27.6 Å². The molecule has 1 unspecified atom stereocenters. The number of aromatic nitrogens is 3. The van der Waals surface area contributed by atoms with Crippen LogP contribution in [0.25, 0.3) is 27.0 Å². The monoisotopic (exact) mass is 561 g/mol. The molecule has 0 saturated carbocycles. The summed E-state index contributed by atoms with van der Waals surface area (Å²) in [5.74, 6) is -0.0129. The van der Waals surface area contributed by atoms with Gasteiger partial charge in [0.05, 0.1) is 22.7 Å². The third kappa shape index (κ3) is 5.60. The molecule has 4 aromatic rings.